The van der Waals surface area contributed by atoms with E-state index in [1.54, 1.807) is 16.7 Å². The van der Waals surface area contributed by atoms with Crippen molar-refractivity contribution in [1.29, 1.82) is 0 Å². The molecule has 1 unspecified atom stereocenters. The summed E-state index contributed by atoms with van der Waals surface area (Å²) >= 11 is 1.77. The van der Waals surface area contributed by atoms with E-state index in [1.807, 2.05) is 0 Å². The quantitative estimate of drug-likeness (QED) is 0.535. The van der Waals surface area contributed by atoms with E-state index in [1.165, 1.54) is 0 Å². The van der Waals surface area contributed by atoms with Gasteiger partial charge in [0.15, 0.2) is 6.61 Å². The number of nitrogens with zero attached hydrogens (tertiary/aromatic N) is 1. The van der Waals surface area contributed by atoms with Crippen molar-refractivity contribution in [3.63, 3.8) is 0 Å². The zero-order valence-corrected chi connectivity index (χ0v) is 11.1. The molecule has 0 aliphatic carbocycles. The average molecular weight is 289 g/mol. The number of carbonyl (C=O) groups excluding carboxylic acids is 3. The van der Waals surface area contributed by atoms with E-state index in [0.717, 1.165) is 11.5 Å². The SMILES string of the molecule is O=C(COC(=O)N1CCSCC1)OC1CCOC1=O. The summed E-state index contributed by atoms with van der Waals surface area (Å²) in [6.45, 7) is 1.01. The van der Waals surface area contributed by atoms with Crippen molar-refractivity contribution >= 4 is 29.8 Å². The monoisotopic (exact) mass is 289 g/mol. The summed E-state index contributed by atoms with van der Waals surface area (Å²) < 4.78 is 14.3. The first-order chi connectivity index (χ1) is 9.16. The highest BCUT2D eigenvalue weighted by atomic mass is 32.2. The van der Waals surface area contributed by atoms with E-state index in [-0.39, 0.29) is 6.61 Å². The molecule has 0 bridgehead atoms. The van der Waals surface area contributed by atoms with Crippen LogP contribution in [0.25, 0.3) is 0 Å². The van der Waals surface area contributed by atoms with Crippen LogP contribution in [0.3, 0.4) is 0 Å². The maximum atomic E-state index is 11.6. The summed E-state index contributed by atoms with van der Waals surface area (Å²) in [4.78, 5) is 35.6. The first-order valence-electron chi connectivity index (χ1n) is 6.02. The molecule has 0 spiro atoms. The fourth-order valence-corrected chi connectivity index (χ4v) is 2.64. The predicted octanol–water partition coefficient (Wildman–Crippen LogP) is 0.0305. The van der Waals surface area contributed by atoms with Crippen molar-refractivity contribution in [3.05, 3.63) is 0 Å². The molecule has 2 fully saturated rings. The molecule has 2 aliphatic rings. The second-order valence-corrected chi connectivity index (χ2v) is 5.31. The molecule has 2 rings (SSSR count). The lowest BCUT2D eigenvalue weighted by Crippen LogP contribution is -2.39. The van der Waals surface area contributed by atoms with Crippen LogP contribution in [0, 0.1) is 0 Å². The van der Waals surface area contributed by atoms with Crippen LogP contribution in [-0.2, 0) is 23.8 Å². The lowest BCUT2D eigenvalue weighted by atomic mass is 10.3. The average Bonchev–Trinajstić information content (AvgIpc) is 2.82. The number of carbonyl (C=O) groups is 3. The highest BCUT2D eigenvalue weighted by Crippen LogP contribution is 2.12. The normalized spacial score (nSPS) is 22.8. The van der Waals surface area contributed by atoms with Gasteiger partial charge in [-0.3, -0.25) is 0 Å². The second kappa shape index (κ2) is 6.65. The standard InChI is InChI=1S/C11H15NO6S/c13-9(18-8-1-4-16-10(8)14)7-17-11(15)12-2-5-19-6-3-12/h8H,1-7H2. The molecule has 0 radical (unpaired) electrons. The van der Waals surface area contributed by atoms with Gasteiger partial charge in [0.05, 0.1) is 6.61 Å². The molecular weight excluding hydrogens is 274 g/mol. The largest absolute Gasteiger partial charge is 0.463 e. The molecular formula is C11H15NO6S. The third-order valence-corrected chi connectivity index (χ3v) is 3.69. The van der Waals surface area contributed by atoms with E-state index in [4.69, 9.17) is 9.47 Å². The van der Waals surface area contributed by atoms with Crippen LogP contribution < -0.4 is 0 Å². The number of esters is 2. The van der Waals surface area contributed by atoms with E-state index in [9.17, 15) is 14.4 Å². The number of cyclic esters (lactones) is 1. The van der Waals surface area contributed by atoms with Gasteiger partial charge >= 0.3 is 18.0 Å². The van der Waals surface area contributed by atoms with Gasteiger partial charge < -0.3 is 19.1 Å². The minimum Gasteiger partial charge on any atom is -0.463 e. The Hall–Kier alpha value is -1.44. The van der Waals surface area contributed by atoms with Crippen molar-refractivity contribution in [3.8, 4) is 0 Å². The molecule has 1 amide bonds. The molecule has 2 saturated heterocycles. The van der Waals surface area contributed by atoms with Crippen molar-refractivity contribution in [1.82, 2.24) is 4.90 Å². The van der Waals surface area contributed by atoms with Crippen LogP contribution in [0.15, 0.2) is 0 Å². The van der Waals surface area contributed by atoms with Crippen LogP contribution in [0.1, 0.15) is 6.42 Å². The van der Waals surface area contributed by atoms with Gasteiger partial charge in [0.1, 0.15) is 0 Å². The van der Waals surface area contributed by atoms with Crippen molar-refractivity contribution in [2.45, 2.75) is 12.5 Å². The van der Waals surface area contributed by atoms with Gasteiger partial charge in [0.25, 0.3) is 0 Å². The first-order valence-corrected chi connectivity index (χ1v) is 7.18. The maximum absolute atomic E-state index is 11.6. The molecule has 0 N–H and O–H groups in total. The third-order valence-electron chi connectivity index (χ3n) is 2.74. The Balaban J connectivity index is 1.67. The molecule has 0 aromatic rings. The van der Waals surface area contributed by atoms with Gasteiger partial charge in [0, 0.05) is 31.0 Å². The van der Waals surface area contributed by atoms with Crippen LogP contribution in [0.2, 0.25) is 0 Å². The number of ether oxygens (including phenoxy) is 3. The molecule has 0 aromatic heterocycles. The summed E-state index contributed by atoms with van der Waals surface area (Å²) in [6.07, 6.45) is -1.04. The Labute approximate surface area is 114 Å². The van der Waals surface area contributed by atoms with Crippen LogP contribution in [-0.4, -0.2) is 66.8 Å². The van der Waals surface area contributed by atoms with Gasteiger partial charge in [-0.1, -0.05) is 0 Å². The topological polar surface area (TPSA) is 82.1 Å². The van der Waals surface area contributed by atoms with Crippen LogP contribution >= 0.6 is 11.8 Å². The van der Waals surface area contributed by atoms with E-state index >= 15 is 0 Å². The molecule has 106 valence electrons. The van der Waals surface area contributed by atoms with Gasteiger partial charge in [-0.15, -0.1) is 0 Å². The van der Waals surface area contributed by atoms with Crippen LogP contribution in [0.4, 0.5) is 4.79 Å². The van der Waals surface area contributed by atoms with Gasteiger partial charge in [-0.2, -0.15) is 11.8 Å². The summed E-state index contributed by atoms with van der Waals surface area (Å²) in [7, 11) is 0. The van der Waals surface area contributed by atoms with E-state index in [0.29, 0.717) is 19.5 Å². The fraction of sp³-hybridized carbons (Fsp3) is 0.727. The Bertz CT molecular complexity index is 368. The Kier molecular flexibility index (Phi) is 4.89. The molecule has 1 atom stereocenters. The number of hydrogen-bond acceptors (Lipinski definition) is 7. The Morgan fingerprint density at radius 2 is 2.11 bits per heavy atom. The van der Waals surface area contributed by atoms with Crippen LogP contribution in [0.5, 0.6) is 0 Å². The summed E-state index contributed by atoms with van der Waals surface area (Å²) in [5.74, 6) is 0.456. The van der Waals surface area contributed by atoms with Crippen molar-refractivity contribution < 1.29 is 28.6 Å². The predicted molar refractivity (Wildman–Crippen MR) is 65.7 cm³/mol. The third kappa shape index (κ3) is 4.02. The summed E-state index contributed by atoms with van der Waals surface area (Å²) in [6, 6.07) is 0. The highest BCUT2D eigenvalue weighted by Gasteiger charge is 2.30. The molecule has 19 heavy (non-hydrogen) atoms. The zero-order chi connectivity index (χ0) is 13.7. The molecule has 2 heterocycles. The van der Waals surface area contributed by atoms with Crippen molar-refractivity contribution in [2.75, 3.05) is 37.8 Å². The second-order valence-electron chi connectivity index (χ2n) is 4.09. The number of rotatable bonds is 3. The summed E-state index contributed by atoms with van der Waals surface area (Å²) in [5, 5.41) is 0. The Morgan fingerprint density at radius 3 is 2.74 bits per heavy atom. The number of thioether (sulfide) groups is 1. The molecule has 0 saturated carbocycles. The van der Waals surface area contributed by atoms with Gasteiger partial charge in [0.2, 0.25) is 6.10 Å². The minimum atomic E-state index is -0.863. The van der Waals surface area contributed by atoms with E-state index < -0.39 is 30.7 Å². The van der Waals surface area contributed by atoms with Gasteiger partial charge in [-0.25, -0.2) is 14.4 Å². The molecule has 7 nitrogen and oxygen atoms in total. The molecule has 2 aliphatic heterocycles. The number of amides is 1. The fourth-order valence-electron chi connectivity index (χ4n) is 1.73. The maximum Gasteiger partial charge on any atom is 0.410 e. The lowest BCUT2D eigenvalue weighted by Gasteiger charge is -2.25. The highest BCUT2D eigenvalue weighted by molar-refractivity contribution is 7.99. The minimum absolute atomic E-state index is 0.252. The molecule has 8 heteroatoms. The van der Waals surface area contributed by atoms with Crippen molar-refractivity contribution in [2.24, 2.45) is 0 Å². The van der Waals surface area contributed by atoms with Gasteiger partial charge in [-0.05, 0) is 0 Å². The zero-order valence-electron chi connectivity index (χ0n) is 10.3. The smallest absolute Gasteiger partial charge is 0.410 e. The Morgan fingerprint density at radius 1 is 1.37 bits per heavy atom. The summed E-state index contributed by atoms with van der Waals surface area (Å²) in [5.41, 5.74) is 0. The first kappa shape index (κ1) is 14.0. The number of hydrogen-bond donors (Lipinski definition) is 0. The molecule has 0 aromatic carbocycles. The van der Waals surface area contributed by atoms with E-state index in [2.05, 4.69) is 4.74 Å². The lowest BCUT2D eigenvalue weighted by molar-refractivity contribution is -0.162.